The predicted molar refractivity (Wildman–Crippen MR) is 188 cm³/mol. The lowest BCUT2D eigenvalue weighted by molar-refractivity contribution is 0.490. The first-order chi connectivity index (χ1) is 21.1. The van der Waals surface area contributed by atoms with E-state index in [0.29, 0.717) is 35.9 Å². The number of hydrogen-bond donors (Lipinski definition) is 2. The first-order valence-electron chi connectivity index (χ1n) is 17.3. The fourth-order valence-electron chi connectivity index (χ4n) is 8.92. The zero-order chi connectivity index (χ0) is 31.0. The lowest BCUT2D eigenvalue weighted by Gasteiger charge is -2.30. The van der Waals surface area contributed by atoms with Gasteiger partial charge in [0.05, 0.1) is 0 Å². The van der Waals surface area contributed by atoms with E-state index in [2.05, 4.69) is 126 Å². The van der Waals surface area contributed by atoms with Crippen LogP contribution in [0.3, 0.4) is 0 Å². The number of aryl methyl sites for hydroxylation is 5. The lowest BCUT2D eigenvalue weighted by Crippen LogP contribution is -2.36. The number of benzene rings is 3. The van der Waals surface area contributed by atoms with Crippen molar-refractivity contribution in [3.63, 3.8) is 0 Å². The van der Waals surface area contributed by atoms with Crippen molar-refractivity contribution in [3.05, 3.63) is 128 Å². The molecule has 0 bridgehead atoms. The Kier molecular flexibility index (Phi) is 9.31. The van der Waals surface area contributed by atoms with Crippen LogP contribution in [0, 0.1) is 40.5 Å². The molecule has 0 saturated carbocycles. The third kappa shape index (κ3) is 7.13. The number of nitrogens with one attached hydrogen (secondary N) is 2. The molecule has 0 aromatic heterocycles. The summed E-state index contributed by atoms with van der Waals surface area (Å²) in [6.45, 7) is 17.1. The number of allylic oxidation sites excluding steroid dienone is 3. The van der Waals surface area contributed by atoms with Gasteiger partial charge in [0, 0.05) is 30.0 Å². The standard InChI is InChI=1S/C42H54N2/c1-26-13-27(2)18-34(17-26)41(39-9-8-12-43-39)37-23-32(7)16-33(24-37)25-38-10-11-40(44-38)42(35-19-28(3)14-29(4)20-35)36-21-30(5)15-31(6)22-36/h13-14,16-24,30,38-44H,8-12,15,25H2,1-7H3/t30?,38?,39?,40?,41-,42?/m1/s1. The molecule has 2 N–H and O–H groups in total. The van der Waals surface area contributed by atoms with Crippen molar-refractivity contribution in [2.75, 3.05) is 6.54 Å². The highest BCUT2D eigenvalue weighted by molar-refractivity contribution is 5.45. The Hall–Kier alpha value is -2.94. The van der Waals surface area contributed by atoms with Gasteiger partial charge in [-0.05, 0) is 120 Å². The summed E-state index contributed by atoms with van der Waals surface area (Å²) in [6, 6.07) is 23.2. The summed E-state index contributed by atoms with van der Waals surface area (Å²) in [5.41, 5.74) is 15.8. The molecule has 1 aliphatic carbocycles. The van der Waals surface area contributed by atoms with Crippen molar-refractivity contribution < 1.29 is 0 Å². The molecule has 2 fully saturated rings. The summed E-state index contributed by atoms with van der Waals surface area (Å²) in [5, 5.41) is 8.05. The van der Waals surface area contributed by atoms with Gasteiger partial charge in [-0.25, -0.2) is 0 Å². The maximum absolute atomic E-state index is 4.19. The van der Waals surface area contributed by atoms with Crippen LogP contribution in [0.1, 0.15) is 108 Å². The van der Waals surface area contributed by atoms with Crippen molar-refractivity contribution in [1.29, 1.82) is 0 Å². The molecule has 5 unspecified atom stereocenters. The molecule has 2 saturated heterocycles. The van der Waals surface area contributed by atoms with Gasteiger partial charge >= 0.3 is 0 Å². The zero-order valence-corrected chi connectivity index (χ0v) is 28.3. The quantitative estimate of drug-likeness (QED) is 0.275. The summed E-state index contributed by atoms with van der Waals surface area (Å²) < 4.78 is 0. The van der Waals surface area contributed by atoms with Gasteiger partial charge in [0.1, 0.15) is 0 Å². The first-order valence-corrected chi connectivity index (χ1v) is 17.3. The van der Waals surface area contributed by atoms with Gasteiger partial charge in [0.2, 0.25) is 0 Å². The Balaban J connectivity index is 1.27. The van der Waals surface area contributed by atoms with Gasteiger partial charge in [-0.2, -0.15) is 0 Å². The highest BCUT2D eigenvalue weighted by atomic mass is 15.0. The van der Waals surface area contributed by atoms with Crippen LogP contribution in [-0.4, -0.2) is 24.7 Å². The molecule has 6 atom stereocenters. The average Bonchev–Trinajstić information content (AvgIpc) is 3.60. The summed E-state index contributed by atoms with van der Waals surface area (Å²) >= 11 is 0. The smallest absolute Gasteiger partial charge is 0.0243 e. The largest absolute Gasteiger partial charge is 0.313 e. The van der Waals surface area contributed by atoms with Crippen LogP contribution in [0.15, 0.2) is 77.9 Å². The van der Waals surface area contributed by atoms with E-state index in [1.807, 2.05) is 0 Å². The van der Waals surface area contributed by atoms with Crippen LogP contribution in [-0.2, 0) is 6.42 Å². The fourth-order valence-corrected chi connectivity index (χ4v) is 8.92. The SMILES string of the molecule is CC1=CC(C(c2cc(C)cc(C)c2)C2CCC(Cc3cc(C)cc([C@@H](c4cc(C)cc(C)c4)C4CCCN4)c3)N2)=CC(C)C1. The van der Waals surface area contributed by atoms with Crippen LogP contribution < -0.4 is 10.6 Å². The van der Waals surface area contributed by atoms with E-state index in [1.54, 1.807) is 0 Å². The van der Waals surface area contributed by atoms with E-state index in [9.17, 15) is 0 Å². The van der Waals surface area contributed by atoms with Crippen LogP contribution in [0.5, 0.6) is 0 Å². The Morgan fingerprint density at radius 3 is 1.84 bits per heavy atom. The molecule has 3 aromatic rings. The Morgan fingerprint density at radius 2 is 1.25 bits per heavy atom. The summed E-state index contributed by atoms with van der Waals surface area (Å²) in [6.07, 6.45) is 12.3. The molecule has 0 amide bonds. The van der Waals surface area contributed by atoms with E-state index >= 15 is 0 Å². The van der Waals surface area contributed by atoms with E-state index < -0.39 is 0 Å². The van der Waals surface area contributed by atoms with E-state index in [0.717, 1.165) is 13.0 Å². The van der Waals surface area contributed by atoms with Crippen LogP contribution in [0.2, 0.25) is 0 Å². The minimum absolute atomic E-state index is 0.392. The monoisotopic (exact) mass is 586 g/mol. The molecular weight excluding hydrogens is 532 g/mol. The molecule has 6 rings (SSSR count). The molecular formula is C42H54N2. The third-order valence-corrected chi connectivity index (χ3v) is 10.3. The van der Waals surface area contributed by atoms with Gasteiger partial charge in [-0.15, -0.1) is 0 Å². The summed E-state index contributed by atoms with van der Waals surface area (Å²) in [7, 11) is 0. The molecule has 0 radical (unpaired) electrons. The highest BCUT2D eigenvalue weighted by Gasteiger charge is 2.34. The predicted octanol–water partition coefficient (Wildman–Crippen LogP) is 9.47. The summed E-state index contributed by atoms with van der Waals surface area (Å²) in [5.74, 6) is 1.39. The van der Waals surface area contributed by atoms with E-state index in [4.69, 9.17) is 0 Å². The van der Waals surface area contributed by atoms with Gasteiger partial charge in [-0.1, -0.05) is 107 Å². The molecule has 44 heavy (non-hydrogen) atoms. The lowest BCUT2D eigenvalue weighted by atomic mass is 9.78. The Bertz CT molecular complexity index is 1510. The Morgan fingerprint density at radius 1 is 0.659 bits per heavy atom. The van der Waals surface area contributed by atoms with Crippen LogP contribution >= 0.6 is 0 Å². The molecule has 0 spiro atoms. The third-order valence-electron chi connectivity index (χ3n) is 10.3. The van der Waals surface area contributed by atoms with Gasteiger partial charge in [-0.3, -0.25) is 0 Å². The Labute approximate surface area is 267 Å². The van der Waals surface area contributed by atoms with Gasteiger partial charge in [0.25, 0.3) is 0 Å². The minimum Gasteiger partial charge on any atom is -0.313 e. The molecule has 3 aliphatic rings. The normalized spacial score (nSPS) is 25.1. The van der Waals surface area contributed by atoms with Crippen LogP contribution in [0.4, 0.5) is 0 Å². The molecule has 2 aliphatic heterocycles. The molecule has 3 aromatic carbocycles. The highest BCUT2D eigenvalue weighted by Crippen LogP contribution is 2.40. The molecule has 2 nitrogen and oxygen atoms in total. The van der Waals surface area contributed by atoms with Gasteiger partial charge < -0.3 is 10.6 Å². The summed E-state index contributed by atoms with van der Waals surface area (Å²) in [4.78, 5) is 0. The fraction of sp³-hybridized carbons (Fsp3) is 0.476. The van der Waals surface area contributed by atoms with Crippen LogP contribution in [0.25, 0.3) is 0 Å². The van der Waals surface area contributed by atoms with Gasteiger partial charge in [0.15, 0.2) is 0 Å². The zero-order valence-electron chi connectivity index (χ0n) is 28.3. The topological polar surface area (TPSA) is 24.1 Å². The first kappa shape index (κ1) is 31.1. The number of hydrogen-bond acceptors (Lipinski definition) is 2. The second kappa shape index (κ2) is 13.2. The van der Waals surface area contributed by atoms with Crippen molar-refractivity contribution in [1.82, 2.24) is 10.6 Å². The average molecular weight is 587 g/mol. The van der Waals surface area contributed by atoms with E-state index in [-0.39, 0.29) is 0 Å². The number of rotatable bonds is 8. The second-order valence-electron chi connectivity index (χ2n) is 14.8. The molecule has 2 heteroatoms. The minimum atomic E-state index is 0.392. The maximum Gasteiger partial charge on any atom is 0.0243 e. The second-order valence-corrected chi connectivity index (χ2v) is 14.8. The maximum atomic E-state index is 4.19. The van der Waals surface area contributed by atoms with Crippen molar-refractivity contribution in [2.45, 2.75) is 117 Å². The van der Waals surface area contributed by atoms with Crippen molar-refractivity contribution in [3.8, 4) is 0 Å². The van der Waals surface area contributed by atoms with Crippen molar-refractivity contribution in [2.24, 2.45) is 5.92 Å². The molecule has 232 valence electrons. The van der Waals surface area contributed by atoms with Crippen molar-refractivity contribution >= 4 is 0 Å². The molecule has 2 heterocycles. The van der Waals surface area contributed by atoms with E-state index in [1.165, 1.54) is 93.3 Å².